The van der Waals surface area contributed by atoms with Gasteiger partial charge in [-0.15, -0.1) is 0 Å². The van der Waals surface area contributed by atoms with Crippen molar-refractivity contribution in [2.45, 2.75) is 65.2 Å². The Labute approximate surface area is 175 Å². The number of allylic oxidation sites excluding steroid dienone is 3. The molecule has 3 nitrogen and oxygen atoms in total. The maximum absolute atomic E-state index is 11.8. The van der Waals surface area contributed by atoms with Gasteiger partial charge in [0.25, 0.3) is 0 Å². The third-order valence-corrected chi connectivity index (χ3v) is 7.10. The highest BCUT2D eigenvalue weighted by atomic mass is 35.5. The summed E-state index contributed by atoms with van der Waals surface area (Å²) in [5, 5.41) is 0.423. The lowest BCUT2D eigenvalue weighted by molar-refractivity contribution is 0.376. The van der Waals surface area contributed by atoms with Gasteiger partial charge < -0.3 is 0 Å². The lowest BCUT2D eigenvalue weighted by Crippen LogP contribution is -2.07. The van der Waals surface area contributed by atoms with Crippen molar-refractivity contribution in [3.63, 3.8) is 0 Å². The van der Waals surface area contributed by atoms with Crippen LogP contribution in [0.2, 0.25) is 5.02 Å². The van der Waals surface area contributed by atoms with E-state index in [2.05, 4.69) is 40.7 Å². The smallest absolute Gasteiger partial charge is 0.175 e. The van der Waals surface area contributed by atoms with Gasteiger partial charge in [-0.2, -0.15) is 0 Å². The molecule has 1 aromatic carbocycles. The number of halogens is 1. The lowest BCUT2D eigenvalue weighted by Gasteiger charge is -2.17. The molecule has 1 aliphatic heterocycles. The van der Waals surface area contributed by atoms with Crippen molar-refractivity contribution >= 4 is 32.8 Å². The number of benzene rings is 1. The molecule has 0 radical (unpaired) electrons. The van der Waals surface area contributed by atoms with E-state index in [4.69, 9.17) is 16.6 Å². The van der Waals surface area contributed by atoms with Crippen LogP contribution in [0.4, 0.5) is 0 Å². The first kappa shape index (κ1) is 22.9. The van der Waals surface area contributed by atoms with Crippen molar-refractivity contribution in [2.75, 3.05) is 6.26 Å². The zero-order valence-corrected chi connectivity index (χ0v) is 19.4. The monoisotopic (exact) mass is 421 g/mol. The Hall–Kier alpha value is -1.39. The molecule has 0 amide bonds. The van der Waals surface area contributed by atoms with Gasteiger partial charge in [0.2, 0.25) is 0 Å². The van der Waals surface area contributed by atoms with E-state index in [1.807, 2.05) is 0 Å². The third kappa shape index (κ3) is 5.57. The standard InChI is InChI=1S/C23H32ClNO2S/c1-7-18(15(2)3)10-11-19-9-8-16(4)23(25-17(19)5)21-13-12-20(14-22(21)24)28(6,26)27/h11-15,18H,7-10H2,1-6H3/b19-11-. The predicted molar refractivity (Wildman–Crippen MR) is 121 cm³/mol. The molecule has 0 bridgehead atoms. The number of hydrogen-bond donors (Lipinski definition) is 0. The molecule has 28 heavy (non-hydrogen) atoms. The van der Waals surface area contributed by atoms with Gasteiger partial charge in [0, 0.05) is 17.5 Å². The molecule has 0 aromatic heterocycles. The fourth-order valence-electron chi connectivity index (χ4n) is 3.62. The molecular formula is C23H32ClNO2S. The zero-order chi connectivity index (χ0) is 21.1. The van der Waals surface area contributed by atoms with Crippen molar-refractivity contribution in [1.82, 2.24) is 0 Å². The van der Waals surface area contributed by atoms with Gasteiger partial charge in [-0.1, -0.05) is 50.9 Å². The minimum absolute atomic E-state index is 0.230. The minimum atomic E-state index is -3.28. The quantitative estimate of drug-likeness (QED) is 0.511. The predicted octanol–water partition coefficient (Wildman–Crippen LogP) is 6.73. The van der Waals surface area contributed by atoms with Crippen LogP contribution < -0.4 is 0 Å². The van der Waals surface area contributed by atoms with E-state index in [1.54, 1.807) is 12.1 Å². The fourth-order valence-corrected chi connectivity index (χ4v) is 4.60. The van der Waals surface area contributed by atoms with Crippen LogP contribution in [0.1, 0.15) is 65.9 Å². The van der Waals surface area contributed by atoms with Crippen LogP contribution in [0, 0.1) is 11.8 Å². The highest BCUT2D eigenvalue weighted by Crippen LogP contribution is 2.34. The van der Waals surface area contributed by atoms with E-state index in [-0.39, 0.29) is 4.90 Å². The van der Waals surface area contributed by atoms with Crippen molar-refractivity contribution in [1.29, 1.82) is 0 Å². The SMILES string of the molecule is CCC(C/C=C1/CCC(C)=C(c2ccc(S(C)(=O)=O)cc2Cl)N=C1C)C(C)C. The van der Waals surface area contributed by atoms with Gasteiger partial charge in [0.15, 0.2) is 9.84 Å². The van der Waals surface area contributed by atoms with Crippen LogP contribution in [0.3, 0.4) is 0 Å². The summed E-state index contributed by atoms with van der Waals surface area (Å²) in [5.74, 6) is 1.36. The lowest BCUT2D eigenvalue weighted by atomic mass is 9.88. The second-order valence-corrected chi connectivity index (χ2v) is 10.5. The Morgan fingerprint density at radius 3 is 2.43 bits per heavy atom. The van der Waals surface area contributed by atoms with E-state index < -0.39 is 9.84 Å². The molecule has 0 aliphatic carbocycles. The first-order chi connectivity index (χ1) is 13.0. The number of aliphatic imine (C=N–C) groups is 1. The van der Waals surface area contributed by atoms with Crippen molar-refractivity contribution in [3.05, 3.63) is 46.0 Å². The normalized spacial score (nSPS) is 18.4. The highest BCUT2D eigenvalue weighted by Gasteiger charge is 2.18. The second kappa shape index (κ2) is 9.41. The topological polar surface area (TPSA) is 46.5 Å². The summed E-state index contributed by atoms with van der Waals surface area (Å²) in [6, 6.07) is 4.90. The molecule has 154 valence electrons. The van der Waals surface area contributed by atoms with Gasteiger partial charge in [-0.25, -0.2) is 8.42 Å². The first-order valence-corrected chi connectivity index (χ1v) is 12.3. The highest BCUT2D eigenvalue weighted by molar-refractivity contribution is 7.90. The van der Waals surface area contributed by atoms with E-state index in [9.17, 15) is 8.42 Å². The molecule has 5 heteroatoms. The molecule has 1 aromatic rings. The fraction of sp³-hybridized carbons (Fsp3) is 0.522. The van der Waals surface area contributed by atoms with Crippen LogP contribution in [-0.4, -0.2) is 20.4 Å². The summed E-state index contributed by atoms with van der Waals surface area (Å²) < 4.78 is 23.6. The van der Waals surface area contributed by atoms with Crippen LogP contribution >= 0.6 is 11.6 Å². The number of hydrogen-bond acceptors (Lipinski definition) is 3. The number of nitrogens with zero attached hydrogens (tertiary/aromatic N) is 1. The third-order valence-electron chi connectivity index (χ3n) is 5.68. The van der Waals surface area contributed by atoms with Crippen molar-refractivity contribution in [3.8, 4) is 0 Å². The van der Waals surface area contributed by atoms with E-state index in [0.717, 1.165) is 36.2 Å². The second-order valence-electron chi connectivity index (χ2n) is 8.12. The van der Waals surface area contributed by atoms with Gasteiger partial charge >= 0.3 is 0 Å². The summed E-state index contributed by atoms with van der Waals surface area (Å²) in [4.78, 5) is 5.13. The summed E-state index contributed by atoms with van der Waals surface area (Å²) >= 11 is 6.45. The summed E-state index contributed by atoms with van der Waals surface area (Å²) in [7, 11) is -3.28. The maximum atomic E-state index is 11.8. The molecule has 0 spiro atoms. The molecule has 0 saturated carbocycles. The average molecular weight is 422 g/mol. The summed E-state index contributed by atoms with van der Waals surface area (Å²) in [5.41, 5.74) is 5.15. The Balaban J connectivity index is 2.37. The molecule has 1 heterocycles. The first-order valence-electron chi connectivity index (χ1n) is 9.99. The molecular weight excluding hydrogens is 390 g/mol. The van der Waals surface area contributed by atoms with Crippen LogP contribution in [-0.2, 0) is 9.84 Å². The molecule has 1 aliphatic rings. The Morgan fingerprint density at radius 2 is 1.89 bits per heavy atom. The van der Waals surface area contributed by atoms with E-state index in [0.29, 0.717) is 16.9 Å². The van der Waals surface area contributed by atoms with Crippen LogP contribution in [0.15, 0.2) is 45.3 Å². The number of sulfone groups is 1. The van der Waals surface area contributed by atoms with Crippen LogP contribution in [0.25, 0.3) is 5.70 Å². The van der Waals surface area contributed by atoms with Crippen molar-refractivity contribution < 1.29 is 8.42 Å². The van der Waals surface area contributed by atoms with Gasteiger partial charge in [0.1, 0.15) is 0 Å². The Kier molecular flexibility index (Phi) is 7.69. The summed E-state index contributed by atoms with van der Waals surface area (Å²) in [6.07, 6.45) is 7.70. The number of rotatable bonds is 6. The Bertz CT molecular complexity index is 924. The van der Waals surface area contributed by atoms with Crippen LogP contribution in [0.5, 0.6) is 0 Å². The molecule has 0 fully saturated rings. The van der Waals surface area contributed by atoms with Gasteiger partial charge in [-0.3, -0.25) is 4.99 Å². The average Bonchev–Trinajstić information content (AvgIpc) is 2.74. The zero-order valence-electron chi connectivity index (χ0n) is 17.8. The molecule has 0 N–H and O–H groups in total. The minimum Gasteiger partial charge on any atom is -0.253 e. The Morgan fingerprint density at radius 1 is 1.21 bits per heavy atom. The summed E-state index contributed by atoms with van der Waals surface area (Å²) in [6.45, 7) is 11.0. The van der Waals surface area contributed by atoms with E-state index in [1.165, 1.54) is 29.9 Å². The largest absolute Gasteiger partial charge is 0.253 e. The van der Waals surface area contributed by atoms with E-state index >= 15 is 0 Å². The molecule has 1 unspecified atom stereocenters. The van der Waals surface area contributed by atoms with Gasteiger partial charge in [-0.05, 0) is 68.2 Å². The maximum Gasteiger partial charge on any atom is 0.175 e. The van der Waals surface area contributed by atoms with Gasteiger partial charge in [0.05, 0.1) is 15.6 Å². The van der Waals surface area contributed by atoms with Crippen molar-refractivity contribution in [2.24, 2.45) is 16.8 Å². The molecule has 1 atom stereocenters. The molecule has 2 rings (SSSR count). The molecule has 0 saturated heterocycles.